The maximum absolute atomic E-state index is 12.6. The summed E-state index contributed by atoms with van der Waals surface area (Å²) in [5.74, 6) is -0.150. The first-order valence-corrected chi connectivity index (χ1v) is 6.57. The van der Waals surface area contributed by atoms with Crippen molar-refractivity contribution in [2.24, 2.45) is 5.92 Å². The Morgan fingerprint density at radius 1 is 1.40 bits per heavy atom. The molecule has 20 heavy (non-hydrogen) atoms. The molecule has 1 heterocycles. The minimum atomic E-state index is -4.43. The number of benzene rings is 1. The number of nitrogens with one attached hydrogen (secondary N) is 2. The Kier molecular flexibility index (Phi) is 4.32. The molecule has 1 aromatic rings. The highest BCUT2D eigenvalue weighted by atomic mass is 19.4. The molecule has 6 heteroatoms. The van der Waals surface area contributed by atoms with E-state index in [1.54, 1.807) is 0 Å². The van der Waals surface area contributed by atoms with Crippen molar-refractivity contribution in [1.82, 2.24) is 10.6 Å². The van der Waals surface area contributed by atoms with E-state index in [0.29, 0.717) is 12.5 Å². The van der Waals surface area contributed by atoms with Gasteiger partial charge < -0.3 is 10.6 Å². The van der Waals surface area contributed by atoms with E-state index >= 15 is 0 Å². The number of piperidine rings is 1. The Balaban J connectivity index is 2.09. The van der Waals surface area contributed by atoms with E-state index < -0.39 is 17.6 Å². The van der Waals surface area contributed by atoms with Gasteiger partial charge in [0.2, 0.25) is 0 Å². The predicted molar refractivity (Wildman–Crippen MR) is 69.3 cm³/mol. The van der Waals surface area contributed by atoms with Crippen LogP contribution < -0.4 is 10.6 Å². The van der Waals surface area contributed by atoms with Crippen molar-refractivity contribution in [2.45, 2.75) is 25.6 Å². The van der Waals surface area contributed by atoms with Crippen LogP contribution in [0.5, 0.6) is 0 Å². The van der Waals surface area contributed by atoms with Crippen LogP contribution in [0.15, 0.2) is 24.3 Å². The Bertz CT molecular complexity index is 488. The van der Waals surface area contributed by atoms with Crippen molar-refractivity contribution in [3.8, 4) is 0 Å². The summed E-state index contributed by atoms with van der Waals surface area (Å²) in [6.07, 6.45) is -3.50. The van der Waals surface area contributed by atoms with Crippen molar-refractivity contribution in [3.05, 3.63) is 35.4 Å². The Hall–Kier alpha value is -1.56. The van der Waals surface area contributed by atoms with Crippen molar-refractivity contribution in [3.63, 3.8) is 0 Å². The van der Waals surface area contributed by atoms with E-state index in [-0.39, 0.29) is 11.6 Å². The van der Waals surface area contributed by atoms with Gasteiger partial charge in [0, 0.05) is 18.2 Å². The molecule has 1 aromatic carbocycles. The summed E-state index contributed by atoms with van der Waals surface area (Å²) in [6.45, 7) is 3.57. The third-order valence-corrected chi connectivity index (χ3v) is 3.60. The van der Waals surface area contributed by atoms with E-state index in [9.17, 15) is 18.0 Å². The van der Waals surface area contributed by atoms with Crippen LogP contribution in [-0.2, 0) is 6.18 Å². The first-order chi connectivity index (χ1) is 9.38. The average Bonchev–Trinajstić information content (AvgIpc) is 2.40. The summed E-state index contributed by atoms with van der Waals surface area (Å²) in [4.78, 5) is 12.0. The van der Waals surface area contributed by atoms with Crippen LogP contribution in [0.25, 0.3) is 0 Å². The molecule has 1 aliphatic rings. The lowest BCUT2D eigenvalue weighted by atomic mass is 9.94. The summed E-state index contributed by atoms with van der Waals surface area (Å²) in [5, 5.41) is 5.96. The van der Waals surface area contributed by atoms with Crippen molar-refractivity contribution in [2.75, 3.05) is 13.1 Å². The molecule has 0 bridgehead atoms. The summed E-state index contributed by atoms with van der Waals surface area (Å²) in [5.41, 5.74) is -0.766. The van der Waals surface area contributed by atoms with E-state index in [1.807, 2.05) is 6.92 Å². The topological polar surface area (TPSA) is 41.1 Å². The summed E-state index contributed by atoms with van der Waals surface area (Å²) in [6, 6.07) is 4.44. The molecule has 2 N–H and O–H groups in total. The summed E-state index contributed by atoms with van der Waals surface area (Å²) < 4.78 is 37.8. The number of rotatable bonds is 2. The highest BCUT2D eigenvalue weighted by molar-refractivity contribution is 5.94. The quantitative estimate of drug-likeness (QED) is 0.876. The SMILES string of the molecule is CC1CCNCC1NC(=O)c1cccc(C(F)(F)F)c1. The molecular formula is C14H17F3N2O. The van der Waals surface area contributed by atoms with Crippen LogP contribution in [0.4, 0.5) is 13.2 Å². The monoisotopic (exact) mass is 286 g/mol. The van der Waals surface area contributed by atoms with Crippen LogP contribution in [0.1, 0.15) is 29.3 Å². The van der Waals surface area contributed by atoms with Crippen LogP contribution in [0.2, 0.25) is 0 Å². The normalized spacial score (nSPS) is 23.4. The van der Waals surface area contributed by atoms with Crippen LogP contribution in [0, 0.1) is 5.92 Å². The molecular weight excluding hydrogens is 269 g/mol. The minimum Gasteiger partial charge on any atom is -0.348 e. The molecule has 0 aliphatic carbocycles. The number of halogens is 3. The second-order valence-electron chi connectivity index (χ2n) is 5.13. The Morgan fingerprint density at radius 2 is 2.15 bits per heavy atom. The van der Waals surface area contributed by atoms with Gasteiger partial charge in [-0.3, -0.25) is 4.79 Å². The third-order valence-electron chi connectivity index (χ3n) is 3.60. The van der Waals surface area contributed by atoms with E-state index in [0.717, 1.165) is 25.1 Å². The number of alkyl halides is 3. The van der Waals surface area contributed by atoms with E-state index in [1.165, 1.54) is 12.1 Å². The molecule has 2 atom stereocenters. The van der Waals surface area contributed by atoms with Gasteiger partial charge >= 0.3 is 6.18 Å². The van der Waals surface area contributed by atoms with Crippen molar-refractivity contribution < 1.29 is 18.0 Å². The predicted octanol–water partition coefficient (Wildman–Crippen LogP) is 2.43. The number of amides is 1. The fraction of sp³-hybridized carbons (Fsp3) is 0.500. The average molecular weight is 286 g/mol. The summed E-state index contributed by atoms with van der Waals surface area (Å²) in [7, 11) is 0. The molecule has 110 valence electrons. The fourth-order valence-electron chi connectivity index (χ4n) is 2.27. The van der Waals surface area contributed by atoms with Gasteiger partial charge in [-0.05, 0) is 37.1 Å². The van der Waals surface area contributed by atoms with Gasteiger partial charge in [-0.25, -0.2) is 0 Å². The van der Waals surface area contributed by atoms with Gasteiger partial charge in [0.05, 0.1) is 5.56 Å². The molecule has 3 nitrogen and oxygen atoms in total. The first kappa shape index (κ1) is 14.8. The van der Waals surface area contributed by atoms with E-state index in [4.69, 9.17) is 0 Å². The fourth-order valence-corrected chi connectivity index (χ4v) is 2.27. The number of carbonyl (C=O) groups excluding carboxylic acids is 1. The molecule has 1 amide bonds. The molecule has 2 rings (SSSR count). The van der Waals surface area contributed by atoms with Crippen molar-refractivity contribution in [1.29, 1.82) is 0 Å². The third kappa shape index (κ3) is 3.50. The highest BCUT2D eigenvalue weighted by Crippen LogP contribution is 2.29. The van der Waals surface area contributed by atoms with Gasteiger partial charge in [-0.1, -0.05) is 13.0 Å². The van der Waals surface area contributed by atoms with E-state index in [2.05, 4.69) is 10.6 Å². The Labute approximate surface area is 115 Å². The molecule has 2 unspecified atom stereocenters. The van der Waals surface area contributed by atoms with Gasteiger partial charge in [-0.15, -0.1) is 0 Å². The second-order valence-corrected chi connectivity index (χ2v) is 5.13. The lowest BCUT2D eigenvalue weighted by Gasteiger charge is -2.30. The standard InChI is InChI=1S/C14H17F3N2O/c1-9-5-6-18-8-12(9)19-13(20)10-3-2-4-11(7-10)14(15,16)17/h2-4,7,9,12,18H,5-6,8H2,1H3,(H,19,20). The highest BCUT2D eigenvalue weighted by Gasteiger charge is 2.31. The number of hydrogen-bond acceptors (Lipinski definition) is 2. The zero-order valence-electron chi connectivity index (χ0n) is 11.1. The molecule has 0 saturated carbocycles. The number of hydrogen-bond donors (Lipinski definition) is 2. The van der Waals surface area contributed by atoms with Crippen LogP contribution >= 0.6 is 0 Å². The van der Waals surface area contributed by atoms with Crippen molar-refractivity contribution >= 4 is 5.91 Å². The van der Waals surface area contributed by atoms with Gasteiger partial charge in [0.1, 0.15) is 0 Å². The smallest absolute Gasteiger partial charge is 0.348 e. The molecule has 0 radical (unpaired) electrons. The van der Waals surface area contributed by atoms with Crippen LogP contribution in [0.3, 0.4) is 0 Å². The lowest BCUT2D eigenvalue weighted by molar-refractivity contribution is -0.137. The largest absolute Gasteiger partial charge is 0.416 e. The second kappa shape index (κ2) is 5.83. The van der Waals surface area contributed by atoms with Gasteiger partial charge in [-0.2, -0.15) is 13.2 Å². The van der Waals surface area contributed by atoms with Gasteiger partial charge in [0.25, 0.3) is 5.91 Å². The number of carbonyl (C=O) groups is 1. The van der Waals surface area contributed by atoms with Crippen LogP contribution in [-0.4, -0.2) is 25.0 Å². The molecule has 1 saturated heterocycles. The molecule has 0 aromatic heterocycles. The Morgan fingerprint density at radius 3 is 2.80 bits per heavy atom. The minimum absolute atomic E-state index is 0.0394. The zero-order valence-corrected chi connectivity index (χ0v) is 11.1. The maximum atomic E-state index is 12.6. The molecule has 0 spiro atoms. The summed E-state index contributed by atoms with van der Waals surface area (Å²) >= 11 is 0. The lowest BCUT2D eigenvalue weighted by Crippen LogP contribution is -2.50. The first-order valence-electron chi connectivity index (χ1n) is 6.57. The molecule has 1 fully saturated rings. The zero-order chi connectivity index (χ0) is 14.8. The molecule has 1 aliphatic heterocycles. The maximum Gasteiger partial charge on any atom is 0.416 e. The van der Waals surface area contributed by atoms with Gasteiger partial charge in [0.15, 0.2) is 0 Å².